The highest BCUT2D eigenvalue weighted by Crippen LogP contribution is 2.41. The highest BCUT2D eigenvalue weighted by molar-refractivity contribution is 7.89. The lowest BCUT2D eigenvalue weighted by molar-refractivity contribution is -0.384. The molecule has 0 saturated carbocycles. The van der Waals surface area contributed by atoms with Gasteiger partial charge in [0.1, 0.15) is 29.7 Å². The summed E-state index contributed by atoms with van der Waals surface area (Å²) in [5, 5.41) is 9.63. The van der Waals surface area contributed by atoms with Gasteiger partial charge in [-0.05, 0) is 62.2 Å². The Labute approximate surface area is 249 Å². The van der Waals surface area contributed by atoms with Crippen LogP contribution in [0.5, 0.6) is 0 Å². The van der Waals surface area contributed by atoms with E-state index in [9.17, 15) is 28.7 Å². The number of esters is 1. The minimum absolute atomic E-state index is 0.0107. The predicted molar refractivity (Wildman–Crippen MR) is 159 cm³/mol. The molecule has 1 aromatic rings. The minimum Gasteiger partial charge on any atom is -0.464 e. The van der Waals surface area contributed by atoms with Crippen LogP contribution in [0.2, 0.25) is 18.1 Å². The molecular formula is C28H40N2O10SSi. The molecule has 1 saturated heterocycles. The lowest BCUT2D eigenvalue weighted by atomic mass is 9.91. The van der Waals surface area contributed by atoms with Gasteiger partial charge >= 0.3 is 12.1 Å². The number of rotatable bonds is 12. The maximum absolute atomic E-state index is 13.8. The van der Waals surface area contributed by atoms with Gasteiger partial charge in [0.15, 0.2) is 8.32 Å². The molecule has 0 aliphatic carbocycles. The second kappa shape index (κ2) is 13.7. The maximum atomic E-state index is 13.8. The first-order valence-electron chi connectivity index (χ1n) is 13.2. The van der Waals surface area contributed by atoms with Crippen molar-refractivity contribution in [2.45, 2.75) is 77.8 Å². The van der Waals surface area contributed by atoms with Crippen LogP contribution in [0.15, 0.2) is 47.0 Å². The summed E-state index contributed by atoms with van der Waals surface area (Å²) in [6, 6.07) is 5.43. The normalized spacial score (nSPS) is 18.3. The van der Waals surface area contributed by atoms with Crippen LogP contribution in [-0.4, -0.2) is 65.6 Å². The topological polar surface area (TPSA) is 152 Å². The first-order valence-corrected chi connectivity index (χ1v) is 17.3. The van der Waals surface area contributed by atoms with Crippen LogP contribution < -0.4 is 0 Å². The van der Waals surface area contributed by atoms with Crippen LogP contribution in [0.25, 0.3) is 0 Å². The van der Waals surface area contributed by atoms with E-state index in [2.05, 4.69) is 27.4 Å². The molecule has 14 heteroatoms. The number of ether oxygens (including phenoxy) is 3. The van der Waals surface area contributed by atoms with Crippen molar-refractivity contribution in [2.24, 2.45) is 5.92 Å². The Morgan fingerprint density at radius 1 is 1.19 bits per heavy atom. The fourth-order valence-electron chi connectivity index (χ4n) is 3.85. The van der Waals surface area contributed by atoms with E-state index in [1.807, 2.05) is 13.1 Å². The molecule has 232 valence electrons. The van der Waals surface area contributed by atoms with Gasteiger partial charge in [-0.25, -0.2) is 9.59 Å². The van der Waals surface area contributed by atoms with Crippen molar-refractivity contribution in [3.05, 3.63) is 62.7 Å². The van der Waals surface area contributed by atoms with E-state index in [-0.39, 0.29) is 34.5 Å². The minimum atomic E-state index is -2.22. The Kier molecular flexibility index (Phi) is 11.4. The molecule has 0 bridgehead atoms. The number of hydrogen-bond acceptors (Lipinski definition) is 10. The zero-order valence-electron chi connectivity index (χ0n) is 25.5. The van der Waals surface area contributed by atoms with Crippen molar-refractivity contribution < 1.29 is 42.2 Å². The van der Waals surface area contributed by atoms with E-state index in [0.717, 1.165) is 4.90 Å². The van der Waals surface area contributed by atoms with E-state index in [0.29, 0.717) is 11.1 Å². The first kappa shape index (κ1) is 34.8. The quantitative estimate of drug-likeness (QED) is 0.0760. The Balaban J connectivity index is 2.25. The number of β-lactam (4-membered cyclic amide) rings is 1. The molecule has 0 radical (unpaired) electrons. The van der Waals surface area contributed by atoms with Gasteiger partial charge in [0.2, 0.25) is 5.91 Å². The summed E-state index contributed by atoms with van der Waals surface area (Å²) < 4.78 is 35.4. The molecule has 1 amide bonds. The molecule has 0 aromatic heterocycles. The molecule has 1 fully saturated rings. The molecule has 0 spiro atoms. The van der Waals surface area contributed by atoms with Gasteiger partial charge < -0.3 is 18.6 Å². The van der Waals surface area contributed by atoms with Gasteiger partial charge in [0, 0.05) is 17.0 Å². The molecule has 1 aliphatic heterocycles. The maximum Gasteiger partial charge on any atom is 0.508 e. The number of allylic oxidation sites excluding steroid dienone is 1. The van der Waals surface area contributed by atoms with Crippen molar-refractivity contribution in [1.29, 1.82) is 0 Å². The molecule has 42 heavy (non-hydrogen) atoms. The average molecular weight is 625 g/mol. The van der Waals surface area contributed by atoms with Gasteiger partial charge in [-0.1, -0.05) is 27.4 Å². The average Bonchev–Trinajstić information content (AvgIpc) is 2.90. The van der Waals surface area contributed by atoms with E-state index in [1.54, 1.807) is 13.8 Å². The van der Waals surface area contributed by atoms with E-state index in [4.69, 9.17) is 18.6 Å². The number of nitro benzene ring substituents is 1. The second-order valence-electron chi connectivity index (χ2n) is 11.6. The highest BCUT2D eigenvalue weighted by atomic mass is 32.2. The molecule has 1 unspecified atom stereocenters. The van der Waals surface area contributed by atoms with Crippen molar-refractivity contribution in [1.82, 2.24) is 4.90 Å². The number of carbonyl (C=O) groups excluding carboxylic acids is 3. The Morgan fingerprint density at radius 3 is 2.24 bits per heavy atom. The molecule has 0 N–H and O–H groups in total. The molecule has 1 aliphatic rings. The fourth-order valence-corrected chi connectivity index (χ4v) is 6.44. The van der Waals surface area contributed by atoms with Crippen LogP contribution in [0.4, 0.5) is 10.5 Å². The molecule has 1 heterocycles. The summed E-state index contributed by atoms with van der Waals surface area (Å²) in [7, 11) is -2.96. The van der Waals surface area contributed by atoms with Crippen LogP contribution in [0.3, 0.4) is 0 Å². The monoisotopic (exact) mass is 624 g/mol. The largest absolute Gasteiger partial charge is 0.508 e. The fraction of sp³-hybridized carbons (Fsp3) is 0.536. The van der Waals surface area contributed by atoms with E-state index >= 15 is 0 Å². The molecule has 1 aromatic carbocycles. The lowest BCUT2D eigenvalue weighted by Gasteiger charge is -2.48. The number of carbonyl (C=O) groups is 3. The number of benzene rings is 1. The predicted octanol–water partition coefficient (Wildman–Crippen LogP) is 5.17. The SMILES string of the molecule is C=C(CO[Si](C)(C)C(C)(C)C)S(=O)[C@@H]1[C@@H]([C@@H](C)OC(=O)OCc2ccc([N+](=O)[O-])cc2)C(=O)N1C(C(=O)OC)=C(C)C. The number of hydrogen-bond donors (Lipinski definition) is 0. The highest BCUT2D eigenvalue weighted by Gasteiger charge is 2.57. The van der Waals surface area contributed by atoms with Gasteiger partial charge in [-0.2, -0.15) is 0 Å². The lowest BCUT2D eigenvalue weighted by Crippen LogP contribution is -2.66. The van der Waals surface area contributed by atoms with Crippen LogP contribution in [0, 0.1) is 16.0 Å². The third-order valence-electron chi connectivity index (χ3n) is 7.37. The Bertz CT molecular complexity index is 1280. The third-order valence-corrected chi connectivity index (χ3v) is 13.5. The standard InChI is InChI=1S/C28H40N2O10SSi/c1-17(2)23(26(32)37-8)29-24(31)22(25(29)41(36)18(3)15-39-42(9,10)28(5,6)7)19(4)40-27(33)38-16-20-11-13-21(14-12-20)30(34)35/h11-14,19,22,25H,3,15-16H2,1-2,4-10H3/t19-,22+,25-,41?/m1/s1. The van der Waals surface area contributed by atoms with Gasteiger partial charge in [0.25, 0.3) is 5.69 Å². The smallest absolute Gasteiger partial charge is 0.464 e. The van der Waals surface area contributed by atoms with Crippen LogP contribution in [0.1, 0.15) is 47.1 Å². The first-order chi connectivity index (χ1) is 19.3. The number of likely N-dealkylation sites (tertiary alicyclic amines) is 1. The van der Waals surface area contributed by atoms with Crippen molar-refractivity contribution >= 4 is 42.8 Å². The number of nitro groups is 1. The van der Waals surface area contributed by atoms with E-state index in [1.165, 1.54) is 38.3 Å². The number of non-ortho nitro benzene ring substituents is 1. The summed E-state index contributed by atoms with van der Waals surface area (Å²) in [5.74, 6) is -2.44. The third kappa shape index (κ3) is 7.92. The second-order valence-corrected chi connectivity index (χ2v) is 18.1. The summed E-state index contributed by atoms with van der Waals surface area (Å²) >= 11 is 0. The summed E-state index contributed by atoms with van der Waals surface area (Å²) in [4.78, 5) is 50.1. The van der Waals surface area contributed by atoms with Crippen molar-refractivity contribution in [2.75, 3.05) is 13.7 Å². The Morgan fingerprint density at radius 2 is 1.76 bits per heavy atom. The summed E-state index contributed by atoms with van der Waals surface area (Å²) in [6.45, 7) is 18.7. The van der Waals surface area contributed by atoms with Gasteiger partial charge in [-0.15, -0.1) is 0 Å². The zero-order valence-corrected chi connectivity index (χ0v) is 27.4. The van der Waals surface area contributed by atoms with Crippen LogP contribution in [-0.2, 0) is 45.6 Å². The van der Waals surface area contributed by atoms with Crippen molar-refractivity contribution in [3.8, 4) is 0 Å². The Hall–Kier alpha value is -3.36. The van der Waals surface area contributed by atoms with Gasteiger partial charge in [0.05, 0.1) is 29.4 Å². The number of nitrogens with zero attached hydrogens (tertiary/aromatic N) is 2. The zero-order chi connectivity index (χ0) is 32.2. The van der Waals surface area contributed by atoms with Crippen molar-refractivity contribution in [3.63, 3.8) is 0 Å². The molecule has 2 rings (SSSR count). The molecule has 4 atom stereocenters. The van der Waals surface area contributed by atoms with E-state index < -0.39 is 59.5 Å². The molecular weight excluding hydrogens is 584 g/mol. The van der Waals surface area contributed by atoms with Gasteiger partial charge in [-0.3, -0.25) is 24.0 Å². The summed E-state index contributed by atoms with van der Waals surface area (Å²) in [5.41, 5.74) is 0.790. The number of methoxy groups -OCH3 is 1. The molecule has 12 nitrogen and oxygen atoms in total. The van der Waals surface area contributed by atoms with Crippen LogP contribution >= 0.6 is 0 Å². The summed E-state index contributed by atoms with van der Waals surface area (Å²) in [6.07, 6.45) is -2.18. The number of amides is 1.